The summed E-state index contributed by atoms with van der Waals surface area (Å²) in [6.07, 6.45) is 0.766. The minimum atomic E-state index is -0.971. The van der Waals surface area contributed by atoms with Crippen molar-refractivity contribution in [1.82, 2.24) is 10.2 Å². The molecule has 1 N–H and O–H groups in total. The second-order valence-corrected chi connectivity index (χ2v) is 10.5. The van der Waals surface area contributed by atoms with Crippen LogP contribution in [-0.2, 0) is 20.9 Å². The average molecular weight is 569 g/mol. The number of ether oxygens (including phenoxy) is 4. The zero-order chi connectivity index (χ0) is 30.2. The third-order valence-electron chi connectivity index (χ3n) is 7.75. The zero-order valence-electron chi connectivity index (χ0n) is 25.4. The molecule has 0 aromatic heterocycles. The van der Waals surface area contributed by atoms with Crippen LogP contribution in [0.1, 0.15) is 80.6 Å². The molecule has 0 aliphatic heterocycles. The number of hydrogen-bond donors (Lipinski definition) is 1. The summed E-state index contributed by atoms with van der Waals surface area (Å²) in [5.41, 5.74) is 1.98. The van der Waals surface area contributed by atoms with E-state index in [0.29, 0.717) is 49.7 Å². The summed E-state index contributed by atoms with van der Waals surface area (Å²) < 4.78 is 23.2. The number of nitrogens with one attached hydrogen (secondary N) is 1. The maximum absolute atomic E-state index is 13.9. The van der Waals surface area contributed by atoms with Crippen LogP contribution in [0.15, 0.2) is 36.4 Å². The van der Waals surface area contributed by atoms with E-state index in [9.17, 15) is 14.4 Å². The molecule has 9 heteroatoms. The predicted octanol–water partition coefficient (Wildman–Crippen LogP) is 5.42. The van der Waals surface area contributed by atoms with Crippen LogP contribution in [-0.4, -0.2) is 67.6 Å². The summed E-state index contributed by atoms with van der Waals surface area (Å²) in [4.78, 5) is 40.8. The van der Waals surface area contributed by atoms with E-state index >= 15 is 0 Å². The van der Waals surface area contributed by atoms with E-state index in [0.717, 1.165) is 16.7 Å². The van der Waals surface area contributed by atoms with E-state index in [1.807, 2.05) is 64.1 Å². The van der Waals surface area contributed by atoms with Crippen LogP contribution >= 0.6 is 0 Å². The van der Waals surface area contributed by atoms with E-state index < -0.39 is 11.6 Å². The van der Waals surface area contributed by atoms with Crippen molar-refractivity contribution in [3.8, 4) is 11.5 Å². The molecule has 0 heterocycles. The molecule has 0 saturated heterocycles. The fraction of sp³-hybridized carbons (Fsp3) is 0.531. The highest BCUT2D eigenvalue weighted by Crippen LogP contribution is 2.40. The van der Waals surface area contributed by atoms with Crippen molar-refractivity contribution < 1.29 is 33.3 Å². The molecule has 0 bridgehead atoms. The lowest BCUT2D eigenvalue weighted by molar-refractivity contribution is -0.133. The van der Waals surface area contributed by atoms with Gasteiger partial charge in [0.15, 0.2) is 11.6 Å². The number of carbonyl (C=O) groups excluding carboxylic acids is 3. The summed E-state index contributed by atoms with van der Waals surface area (Å²) in [6, 6.07) is 10.8. The van der Waals surface area contributed by atoms with Gasteiger partial charge in [0.25, 0.3) is 0 Å². The van der Waals surface area contributed by atoms with Gasteiger partial charge < -0.3 is 29.2 Å². The molecule has 41 heavy (non-hydrogen) atoms. The molecular weight excluding hydrogens is 524 g/mol. The van der Waals surface area contributed by atoms with Gasteiger partial charge in [0, 0.05) is 26.5 Å². The standard InChI is InChI=1S/C32H44N2O7/c1-8-40-28-17-27(21(3)30(41-9-2)29(28)23(5)35)22(4)34(15-16-39-20-25-13-11-10-12-14-25)31(37)33-32(24(6)36)18-26(19-32)38-7/h10-14,17,22,26H,8-9,15-16,18-20H2,1-7H3,(H,33,37). The van der Waals surface area contributed by atoms with Gasteiger partial charge >= 0.3 is 6.03 Å². The van der Waals surface area contributed by atoms with Crippen molar-refractivity contribution in [1.29, 1.82) is 0 Å². The van der Waals surface area contributed by atoms with Gasteiger partial charge in [-0.25, -0.2) is 4.79 Å². The minimum Gasteiger partial charge on any atom is -0.493 e. The van der Waals surface area contributed by atoms with Crippen molar-refractivity contribution in [2.24, 2.45) is 0 Å². The van der Waals surface area contributed by atoms with Gasteiger partial charge in [-0.15, -0.1) is 0 Å². The van der Waals surface area contributed by atoms with E-state index in [2.05, 4.69) is 5.32 Å². The summed E-state index contributed by atoms with van der Waals surface area (Å²) in [5, 5.41) is 3.02. The third-order valence-corrected chi connectivity index (χ3v) is 7.75. The summed E-state index contributed by atoms with van der Waals surface area (Å²) in [7, 11) is 1.61. The predicted molar refractivity (Wildman–Crippen MR) is 157 cm³/mol. The van der Waals surface area contributed by atoms with Gasteiger partial charge in [0.2, 0.25) is 0 Å². The highest BCUT2D eigenvalue weighted by atomic mass is 16.5. The first-order valence-corrected chi connectivity index (χ1v) is 14.3. The highest BCUT2D eigenvalue weighted by Gasteiger charge is 2.50. The van der Waals surface area contributed by atoms with Crippen molar-refractivity contribution in [2.75, 3.05) is 33.5 Å². The van der Waals surface area contributed by atoms with Crippen LogP contribution in [0.25, 0.3) is 0 Å². The van der Waals surface area contributed by atoms with Gasteiger partial charge in [0.05, 0.1) is 38.6 Å². The molecule has 2 aromatic rings. The van der Waals surface area contributed by atoms with Crippen LogP contribution in [0, 0.1) is 6.92 Å². The molecule has 1 aliphatic rings. The number of Topliss-reactive ketones (excluding diaryl/α,β-unsaturated/α-hetero) is 2. The first-order chi connectivity index (χ1) is 19.6. The summed E-state index contributed by atoms with van der Waals surface area (Å²) >= 11 is 0. The van der Waals surface area contributed by atoms with Crippen molar-refractivity contribution in [3.05, 3.63) is 58.7 Å². The molecule has 9 nitrogen and oxygen atoms in total. The number of urea groups is 1. The Bertz CT molecular complexity index is 1210. The molecule has 1 unspecified atom stereocenters. The van der Waals surface area contributed by atoms with E-state index in [4.69, 9.17) is 18.9 Å². The minimum absolute atomic E-state index is 0.0804. The number of hydrogen-bond acceptors (Lipinski definition) is 7. The lowest BCUT2D eigenvalue weighted by atomic mass is 9.71. The van der Waals surface area contributed by atoms with Gasteiger partial charge in [-0.05, 0) is 64.3 Å². The molecule has 3 rings (SSSR count). The Morgan fingerprint density at radius 2 is 1.73 bits per heavy atom. The Morgan fingerprint density at radius 1 is 1.07 bits per heavy atom. The normalized spacial score (nSPS) is 18.7. The first-order valence-electron chi connectivity index (χ1n) is 14.3. The van der Waals surface area contributed by atoms with Gasteiger partial charge in [-0.2, -0.15) is 0 Å². The van der Waals surface area contributed by atoms with Crippen LogP contribution in [0.3, 0.4) is 0 Å². The number of nitrogens with zero attached hydrogens (tertiary/aromatic N) is 1. The number of methoxy groups -OCH3 is 1. The maximum Gasteiger partial charge on any atom is 0.318 e. The second-order valence-electron chi connectivity index (χ2n) is 10.5. The lowest BCUT2D eigenvalue weighted by Crippen LogP contribution is -2.66. The Labute approximate surface area is 243 Å². The zero-order valence-corrected chi connectivity index (χ0v) is 25.4. The molecule has 0 radical (unpaired) electrons. The molecule has 224 valence electrons. The Kier molecular flexibility index (Phi) is 11.3. The van der Waals surface area contributed by atoms with Crippen LogP contribution in [0.4, 0.5) is 4.79 Å². The molecule has 1 atom stereocenters. The molecule has 0 spiro atoms. The third kappa shape index (κ3) is 7.45. The van der Waals surface area contributed by atoms with E-state index in [1.165, 1.54) is 13.8 Å². The maximum atomic E-state index is 13.9. The monoisotopic (exact) mass is 568 g/mol. The number of amides is 2. The number of carbonyl (C=O) groups is 3. The fourth-order valence-corrected chi connectivity index (χ4v) is 5.32. The second kappa shape index (κ2) is 14.5. The van der Waals surface area contributed by atoms with Gasteiger partial charge in [-0.1, -0.05) is 30.3 Å². The van der Waals surface area contributed by atoms with E-state index in [1.54, 1.807) is 12.0 Å². The Hall–Kier alpha value is -3.43. The smallest absolute Gasteiger partial charge is 0.318 e. The van der Waals surface area contributed by atoms with Crippen molar-refractivity contribution >= 4 is 17.6 Å². The lowest BCUT2D eigenvalue weighted by Gasteiger charge is -2.46. The van der Waals surface area contributed by atoms with Gasteiger partial charge in [0.1, 0.15) is 22.6 Å². The number of ketones is 2. The first kappa shape index (κ1) is 32.1. The molecule has 1 aliphatic carbocycles. The SMILES string of the molecule is CCOc1cc(C(C)N(CCOCc2ccccc2)C(=O)NC2(C(C)=O)CC(OC)C2)c(C)c(OCC)c1C(C)=O. The summed E-state index contributed by atoms with van der Waals surface area (Å²) in [6.45, 7) is 12.2. The number of benzene rings is 2. The molecule has 1 fully saturated rings. The molecule has 1 saturated carbocycles. The van der Waals surface area contributed by atoms with Crippen LogP contribution in [0.2, 0.25) is 0 Å². The number of rotatable bonds is 15. The van der Waals surface area contributed by atoms with Crippen molar-refractivity contribution in [2.45, 2.75) is 78.7 Å². The van der Waals surface area contributed by atoms with Crippen LogP contribution in [0.5, 0.6) is 11.5 Å². The van der Waals surface area contributed by atoms with E-state index in [-0.39, 0.29) is 36.9 Å². The molecule has 2 aromatic carbocycles. The molecular formula is C32H44N2O7. The average Bonchev–Trinajstić information content (AvgIpc) is 2.92. The Balaban J connectivity index is 1.95. The Morgan fingerprint density at radius 3 is 2.29 bits per heavy atom. The van der Waals surface area contributed by atoms with Crippen LogP contribution < -0.4 is 14.8 Å². The largest absolute Gasteiger partial charge is 0.493 e. The highest BCUT2D eigenvalue weighted by molar-refractivity contribution is 6.00. The quantitative estimate of drug-likeness (QED) is 0.226. The summed E-state index contributed by atoms with van der Waals surface area (Å²) in [5.74, 6) is 0.602. The van der Waals surface area contributed by atoms with Gasteiger partial charge in [-0.3, -0.25) is 9.59 Å². The topological polar surface area (TPSA) is 103 Å². The van der Waals surface area contributed by atoms with Crippen molar-refractivity contribution in [3.63, 3.8) is 0 Å². The fourth-order valence-electron chi connectivity index (χ4n) is 5.32. The molecule has 2 amide bonds.